The number of aromatic nitrogens is 3. The zero-order valence-electron chi connectivity index (χ0n) is 37.6. The zero-order valence-corrected chi connectivity index (χ0v) is 38.4. The van der Waals surface area contributed by atoms with Crippen LogP contribution < -0.4 is 60.6 Å². The number of nitrogens with two attached hydrogens (primary N) is 5. The van der Waals surface area contributed by atoms with Crippen LogP contribution in [-0.2, 0) is 57.6 Å². The molecule has 0 bridgehead atoms. The van der Waals surface area contributed by atoms with Crippen molar-refractivity contribution in [2.24, 2.45) is 33.7 Å². The number of benzene rings is 2. The second kappa shape index (κ2) is 27.2. The van der Waals surface area contributed by atoms with Gasteiger partial charge in [0.15, 0.2) is 5.96 Å². The number of thioether (sulfide) groups is 1. The van der Waals surface area contributed by atoms with Crippen molar-refractivity contribution in [3.63, 3.8) is 0 Å². The van der Waals surface area contributed by atoms with E-state index in [9.17, 15) is 38.4 Å². The van der Waals surface area contributed by atoms with Crippen LogP contribution in [0.4, 0.5) is 0 Å². The minimum Gasteiger partial charge on any atom is -0.370 e. The van der Waals surface area contributed by atoms with Gasteiger partial charge in [-0.2, -0.15) is 11.8 Å². The van der Waals surface area contributed by atoms with E-state index >= 15 is 0 Å². The molecule has 2 heterocycles. The number of carbonyl (C=O) groups excluding carboxylic acids is 8. The normalized spacial score (nSPS) is 13.6. The summed E-state index contributed by atoms with van der Waals surface area (Å²) in [5.74, 6) is -5.80. The van der Waals surface area contributed by atoms with Gasteiger partial charge in [-0.1, -0.05) is 48.5 Å². The monoisotopic (exact) mass is 959 g/mol. The number of fused-ring (bicyclic) bond motifs is 1. The summed E-state index contributed by atoms with van der Waals surface area (Å²) in [5, 5.41) is 16.6. The summed E-state index contributed by atoms with van der Waals surface area (Å²) in [5.41, 5.74) is 30.3. The van der Waals surface area contributed by atoms with Crippen molar-refractivity contribution in [1.82, 2.24) is 46.9 Å². The molecule has 23 nitrogen and oxygen atoms in total. The Morgan fingerprint density at radius 1 is 0.662 bits per heavy atom. The fraction of sp³-hybridized carbons (Fsp3) is 0.409. The maximum atomic E-state index is 14.5. The minimum atomic E-state index is -1.39. The molecule has 0 aliphatic rings. The van der Waals surface area contributed by atoms with Crippen molar-refractivity contribution in [2.75, 3.05) is 25.1 Å². The number of aromatic amines is 2. The molecule has 68 heavy (non-hydrogen) atoms. The van der Waals surface area contributed by atoms with Crippen molar-refractivity contribution >= 4 is 75.9 Å². The molecule has 0 spiro atoms. The standard InChI is InChI=1S/C44H61N15O8S/c1-68-17-15-29(45)38(62)55-32(13-14-36(46)60)41(65)59-35(20-27-22-50-24-54-27)43(67)57-33(18-25-8-3-2-4-9-25)42(66)56-31(12-7-16-51-44(48)49)40(64)58-34(39(63)53-23-37(47)61)19-26-21-52-30-11-6-5-10-28(26)30/h2-6,8-11,21-22,24,29,31-35,52H,7,12-20,23,45H2,1H3,(H2,46,60)(H2,47,61)(H,50,54)(H,53,63)(H,55,62)(H,56,66)(H,57,67)(H,58,64)(H,59,65)(H4,48,49,51)/t29-,31-,32-,33-,34-,35-/m0/s1. The van der Waals surface area contributed by atoms with Crippen LogP contribution >= 0.6 is 11.8 Å². The molecule has 2 aromatic heterocycles. The molecule has 0 saturated heterocycles. The van der Waals surface area contributed by atoms with E-state index in [0.29, 0.717) is 29.0 Å². The number of hydrogen-bond acceptors (Lipinski definition) is 12. The molecule has 2 aromatic carbocycles. The molecule has 366 valence electrons. The van der Waals surface area contributed by atoms with E-state index in [1.54, 1.807) is 36.5 Å². The Hall–Kier alpha value is -7.47. The fourth-order valence-electron chi connectivity index (χ4n) is 6.98. The Balaban J connectivity index is 1.64. The highest BCUT2D eigenvalue weighted by Crippen LogP contribution is 2.19. The van der Waals surface area contributed by atoms with Gasteiger partial charge >= 0.3 is 0 Å². The van der Waals surface area contributed by atoms with Crippen LogP contribution in [-0.4, -0.2) is 130 Å². The van der Waals surface area contributed by atoms with E-state index in [0.717, 1.165) is 10.9 Å². The van der Waals surface area contributed by atoms with E-state index in [1.807, 2.05) is 30.5 Å². The van der Waals surface area contributed by atoms with Crippen LogP contribution in [0.5, 0.6) is 0 Å². The van der Waals surface area contributed by atoms with Gasteiger partial charge in [-0.15, -0.1) is 0 Å². The number of nitrogens with zero attached hydrogens (tertiary/aromatic N) is 2. The van der Waals surface area contributed by atoms with Crippen LogP contribution in [0.2, 0.25) is 0 Å². The SMILES string of the molecule is CSCC[C@H](N)C(=O)N[C@@H](CCC(N)=O)C(=O)N[C@@H](Cc1cnc[nH]1)C(=O)N[C@@H](Cc1ccccc1)C(=O)N[C@@H](CCCN=C(N)N)C(=O)N[C@@H](Cc1c[nH]c2ccccc12)C(=O)NCC(N)=O. The van der Waals surface area contributed by atoms with Crippen molar-refractivity contribution < 1.29 is 38.4 Å². The zero-order chi connectivity index (χ0) is 49.6. The van der Waals surface area contributed by atoms with Gasteiger partial charge in [0, 0.05) is 61.2 Å². The van der Waals surface area contributed by atoms with E-state index in [2.05, 4.69) is 51.8 Å². The molecule has 6 atom stereocenters. The van der Waals surface area contributed by atoms with E-state index < -0.39 is 90.1 Å². The first-order valence-electron chi connectivity index (χ1n) is 21.8. The first-order valence-corrected chi connectivity index (χ1v) is 23.2. The molecule has 0 radical (unpaired) electrons. The third-order valence-corrected chi connectivity index (χ3v) is 11.2. The molecular weight excluding hydrogens is 899 g/mol. The number of hydrogen-bond donors (Lipinski definition) is 13. The lowest BCUT2D eigenvalue weighted by molar-refractivity contribution is -0.135. The number of amides is 8. The molecule has 8 amide bonds. The molecule has 0 unspecified atom stereocenters. The van der Waals surface area contributed by atoms with Gasteiger partial charge < -0.3 is 70.5 Å². The number of rotatable bonds is 29. The molecule has 4 rings (SSSR count). The topological polar surface area (TPSA) is 396 Å². The summed E-state index contributed by atoms with van der Waals surface area (Å²) < 4.78 is 0. The van der Waals surface area contributed by atoms with Crippen molar-refractivity contribution in [3.05, 3.63) is 90.1 Å². The Morgan fingerprint density at radius 3 is 1.87 bits per heavy atom. The predicted octanol–water partition coefficient (Wildman–Crippen LogP) is -2.66. The Morgan fingerprint density at radius 2 is 1.25 bits per heavy atom. The van der Waals surface area contributed by atoms with E-state index in [1.165, 1.54) is 24.3 Å². The smallest absolute Gasteiger partial charge is 0.243 e. The summed E-state index contributed by atoms with van der Waals surface area (Å²) in [4.78, 5) is 121. The van der Waals surface area contributed by atoms with Gasteiger partial charge in [-0.25, -0.2) is 4.98 Å². The predicted molar refractivity (Wildman–Crippen MR) is 256 cm³/mol. The first-order chi connectivity index (χ1) is 32.5. The lowest BCUT2D eigenvalue weighted by Gasteiger charge is -2.27. The Bertz CT molecular complexity index is 2360. The average molecular weight is 960 g/mol. The van der Waals surface area contributed by atoms with Gasteiger partial charge in [0.05, 0.1) is 18.9 Å². The second-order valence-corrected chi connectivity index (χ2v) is 16.9. The molecular formula is C44H61N15O8S. The molecule has 24 heteroatoms. The highest BCUT2D eigenvalue weighted by molar-refractivity contribution is 7.98. The highest BCUT2D eigenvalue weighted by Gasteiger charge is 2.34. The maximum absolute atomic E-state index is 14.5. The lowest BCUT2D eigenvalue weighted by atomic mass is 10.0. The number of carbonyl (C=O) groups is 8. The Labute approximate surface area is 396 Å². The summed E-state index contributed by atoms with van der Waals surface area (Å²) in [6, 6.07) is 8.36. The largest absolute Gasteiger partial charge is 0.370 e. The Kier molecular flexibility index (Phi) is 21.3. The number of para-hydroxylation sites is 1. The van der Waals surface area contributed by atoms with Gasteiger partial charge in [-0.05, 0) is 54.9 Å². The van der Waals surface area contributed by atoms with Gasteiger partial charge in [0.25, 0.3) is 0 Å². The van der Waals surface area contributed by atoms with Crippen molar-refractivity contribution in [3.8, 4) is 0 Å². The van der Waals surface area contributed by atoms with Crippen molar-refractivity contribution in [2.45, 2.75) is 87.6 Å². The van der Waals surface area contributed by atoms with Gasteiger partial charge in [-0.3, -0.25) is 43.3 Å². The lowest BCUT2D eigenvalue weighted by Crippen LogP contribution is -2.60. The van der Waals surface area contributed by atoms with E-state index in [4.69, 9.17) is 28.7 Å². The first kappa shape index (κ1) is 53.1. The number of H-pyrrole nitrogens is 2. The van der Waals surface area contributed by atoms with Gasteiger partial charge in [0.2, 0.25) is 47.3 Å². The third kappa shape index (κ3) is 17.7. The molecule has 0 aliphatic carbocycles. The number of aliphatic imine (C=N–C) groups is 1. The summed E-state index contributed by atoms with van der Waals surface area (Å²) >= 11 is 1.48. The van der Waals surface area contributed by atoms with Crippen LogP contribution in [0, 0.1) is 0 Å². The van der Waals surface area contributed by atoms with Crippen LogP contribution in [0.25, 0.3) is 10.9 Å². The summed E-state index contributed by atoms with van der Waals surface area (Å²) in [6.07, 6.45) is 6.04. The summed E-state index contributed by atoms with van der Waals surface area (Å²) in [6.45, 7) is -0.431. The molecule has 0 saturated carbocycles. The van der Waals surface area contributed by atoms with Crippen LogP contribution in [0.3, 0.4) is 0 Å². The molecule has 4 aromatic rings. The van der Waals surface area contributed by atoms with E-state index in [-0.39, 0.29) is 57.5 Å². The third-order valence-electron chi connectivity index (χ3n) is 10.6. The highest BCUT2D eigenvalue weighted by atomic mass is 32.2. The van der Waals surface area contributed by atoms with Crippen molar-refractivity contribution in [1.29, 1.82) is 0 Å². The fourth-order valence-corrected chi connectivity index (χ4v) is 7.47. The van der Waals surface area contributed by atoms with Crippen LogP contribution in [0.15, 0.2) is 78.3 Å². The molecule has 0 aliphatic heterocycles. The summed E-state index contributed by atoms with van der Waals surface area (Å²) in [7, 11) is 0. The number of nitrogens with one attached hydrogen (secondary N) is 8. The molecule has 18 N–H and O–H groups in total. The molecule has 0 fully saturated rings. The number of imidazole rings is 1. The maximum Gasteiger partial charge on any atom is 0.243 e. The number of primary amides is 2. The minimum absolute atomic E-state index is 0.0248. The second-order valence-electron chi connectivity index (χ2n) is 15.9. The number of guanidine groups is 1. The van der Waals surface area contributed by atoms with Gasteiger partial charge in [0.1, 0.15) is 30.2 Å². The quantitative estimate of drug-likeness (QED) is 0.0150. The average Bonchev–Trinajstić information content (AvgIpc) is 3.99. The van der Waals surface area contributed by atoms with Crippen LogP contribution in [0.1, 0.15) is 48.9 Å².